The highest BCUT2D eigenvalue weighted by Gasteiger charge is 2.18. The van der Waals surface area contributed by atoms with Gasteiger partial charge in [-0.1, -0.05) is 24.3 Å². The molecule has 0 N–H and O–H groups in total. The Bertz CT molecular complexity index is 606. The molecule has 2 rings (SSSR count). The molecule has 0 saturated heterocycles. The monoisotopic (exact) mass is 330 g/mol. The molecule has 0 saturated carbocycles. The standard InChI is InChI=1S/C20H26O4/c1-19(2,3)21-15-11-7-9-13-17(15)23-24-18-14-10-8-12-16(18)22-20(4,5)6/h7-14H,1-6H3. The molecule has 0 aliphatic carbocycles. The minimum absolute atomic E-state index is 0.327. The molecule has 0 atom stereocenters. The zero-order valence-electron chi connectivity index (χ0n) is 15.3. The van der Waals surface area contributed by atoms with Gasteiger partial charge < -0.3 is 9.47 Å². The third kappa shape index (κ3) is 5.69. The van der Waals surface area contributed by atoms with Gasteiger partial charge in [0.25, 0.3) is 0 Å². The second kappa shape index (κ2) is 7.04. The van der Waals surface area contributed by atoms with E-state index in [1.165, 1.54) is 0 Å². The largest absolute Gasteiger partial charge is 0.484 e. The first-order chi connectivity index (χ1) is 11.1. The second-order valence-electron chi connectivity index (χ2n) is 7.49. The molecule has 0 heterocycles. The number of rotatable bonds is 5. The smallest absolute Gasteiger partial charge is 0.220 e. The predicted octanol–water partition coefficient (Wildman–Crippen LogP) is 5.41. The predicted molar refractivity (Wildman–Crippen MR) is 94.9 cm³/mol. The van der Waals surface area contributed by atoms with Crippen molar-refractivity contribution in [2.45, 2.75) is 52.7 Å². The lowest BCUT2D eigenvalue weighted by Gasteiger charge is -2.24. The summed E-state index contributed by atoms with van der Waals surface area (Å²) in [7, 11) is 0. The van der Waals surface area contributed by atoms with E-state index >= 15 is 0 Å². The SMILES string of the molecule is CC(C)(C)Oc1ccccc1OOc1ccccc1OC(C)(C)C. The van der Waals surface area contributed by atoms with Gasteiger partial charge in [0.15, 0.2) is 11.5 Å². The summed E-state index contributed by atoms with van der Waals surface area (Å²) >= 11 is 0. The van der Waals surface area contributed by atoms with E-state index < -0.39 is 0 Å². The fraction of sp³-hybridized carbons (Fsp3) is 0.400. The highest BCUT2D eigenvalue weighted by molar-refractivity contribution is 5.42. The maximum Gasteiger partial charge on any atom is 0.220 e. The van der Waals surface area contributed by atoms with E-state index in [4.69, 9.17) is 19.2 Å². The summed E-state index contributed by atoms with van der Waals surface area (Å²) in [5.41, 5.74) is -0.653. The summed E-state index contributed by atoms with van der Waals surface area (Å²) in [5, 5.41) is 0. The minimum Gasteiger partial charge on any atom is -0.484 e. The summed E-state index contributed by atoms with van der Waals surface area (Å²) in [6.45, 7) is 11.9. The number of hydrogen-bond acceptors (Lipinski definition) is 4. The summed E-state index contributed by atoms with van der Waals surface area (Å²) in [6, 6.07) is 14.8. The molecular weight excluding hydrogens is 304 g/mol. The molecule has 0 unspecified atom stereocenters. The van der Waals surface area contributed by atoms with Gasteiger partial charge in [0.05, 0.1) is 0 Å². The van der Waals surface area contributed by atoms with E-state index in [1.807, 2.05) is 77.9 Å². The molecular formula is C20H26O4. The van der Waals surface area contributed by atoms with E-state index in [2.05, 4.69) is 0 Å². The first-order valence-electron chi connectivity index (χ1n) is 8.05. The van der Waals surface area contributed by atoms with Crippen LogP contribution in [-0.4, -0.2) is 11.2 Å². The topological polar surface area (TPSA) is 36.9 Å². The van der Waals surface area contributed by atoms with Crippen LogP contribution < -0.4 is 19.2 Å². The number of ether oxygens (including phenoxy) is 2. The summed E-state index contributed by atoms with van der Waals surface area (Å²) in [6.07, 6.45) is 0. The van der Waals surface area contributed by atoms with Crippen molar-refractivity contribution < 1.29 is 19.2 Å². The van der Waals surface area contributed by atoms with E-state index in [0.29, 0.717) is 23.0 Å². The van der Waals surface area contributed by atoms with Crippen LogP contribution >= 0.6 is 0 Å². The first-order valence-corrected chi connectivity index (χ1v) is 8.05. The Labute approximate surface area is 144 Å². The average molecular weight is 330 g/mol. The van der Waals surface area contributed by atoms with Gasteiger partial charge in [-0.05, 0) is 65.8 Å². The highest BCUT2D eigenvalue weighted by Crippen LogP contribution is 2.33. The van der Waals surface area contributed by atoms with Crippen molar-refractivity contribution >= 4 is 0 Å². The summed E-state index contributed by atoms with van der Waals surface area (Å²) < 4.78 is 11.8. The molecule has 0 aliphatic heterocycles. The lowest BCUT2D eigenvalue weighted by Crippen LogP contribution is -2.24. The maximum absolute atomic E-state index is 5.90. The van der Waals surface area contributed by atoms with E-state index in [0.717, 1.165) is 0 Å². The van der Waals surface area contributed by atoms with Crippen LogP contribution in [0.2, 0.25) is 0 Å². The van der Waals surface area contributed by atoms with E-state index in [9.17, 15) is 0 Å². The molecule has 4 nitrogen and oxygen atoms in total. The van der Waals surface area contributed by atoms with Crippen LogP contribution in [-0.2, 0) is 0 Å². The lowest BCUT2D eigenvalue weighted by molar-refractivity contribution is -0.106. The Kier molecular flexibility index (Phi) is 5.27. The van der Waals surface area contributed by atoms with Crippen molar-refractivity contribution in [3.8, 4) is 23.0 Å². The van der Waals surface area contributed by atoms with Crippen molar-refractivity contribution in [1.29, 1.82) is 0 Å². The lowest BCUT2D eigenvalue weighted by atomic mass is 10.2. The molecule has 0 aliphatic rings. The van der Waals surface area contributed by atoms with Crippen LogP contribution in [0.1, 0.15) is 41.5 Å². The van der Waals surface area contributed by atoms with Crippen molar-refractivity contribution in [2.24, 2.45) is 0 Å². The van der Waals surface area contributed by atoms with Gasteiger partial charge in [-0.15, -0.1) is 0 Å². The third-order valence-corrected chi connectivity index (χ3v) is 2.75. The average Bonchev–Trinajstić information content (AvgIpc) is 2.44. The Morgan fingerprint density at radius 1 is 0.500 bits per heavy atom. The molecule has 0 radical (unpaired) electrons. The summed E-state index contributed by atoms with van der Waals surface area (Å²) in [5.74, 6) is 2.27. The molecule has 4 heteroatoms. The van der Waals surface area contributed by atoms with Crippen molar-refractivity contribution in [2.75, 3.05) is 0 Å². The molecule has 2 aromatic rings. The number of hydrogen-bond donors (Lipinski definition) is 0. The zero-order chi connectivity index (χ0) is 17.8. The number of para-hydroxylation sites is 4. The van der Waals surface area contributed by atoms with Crippen LogP contribution in [0.15, 0.2) is 48.5 Å². The molecule has 0 aromatic heterocycles. The van der Waals surface area contributed by atoms with Crippen LogP contribution in [0.25, 0.3) is 0 Å². The Morgan fingerprint density at radius 2 is 0.792 bits per heavy atom. The van der Waals surface area contributed by atoms with Crippen LogP contribution in [0, 0.1) is 0 Å². The van der Waals surface area contributed by atoms with Crippen molar-refractivity contribution in [1.82, 2.24) is 0 Å². The quantitative estimate of drug-likeness (QED) is 0.542. The van der Waals surface area contributed by atoms with Gasteiger partial charge in [-0.3, -0.25) is 9.78 Å². The Hall–Kier alpha value is -2.36. The molecule has 0 bridgehead atoms. The third-order valence-electron chi connectivity index (χ3n) is 2.75. The maximum atomic E-state index is 5.90. The second-order valence-corrected chi connectivity index (χ2v) is 7.49. The van der Waals surface area contributed by atoms with Crippen LogP contribution in [0.3, 0.4) is 0 Å². The molecule has 130 valence electrons. The van der Waals surface area contributed by atoms with Crippen molar-refractivity contribution in [3.63, 3.8) is 0 Å². The molecule has 2 aromatic carbocycles. The van der Waals surface area contributed by atoms with Gasteiger partial charge >= 0.3 is 0 Å². The fourth-order valence-corrected chi connectivity index (χ4v) is 1.96. The molecule has 0 fully saturated rings. The van der Waals surface area contributed by atoms with E-state index in [-0.39, 0.29) is 11.2 Å². The molecule has 24 heavy (non-hydrogen) atoms. The van der Waals surface area contributed by atoms with Crippen molar-refractivity contribution in [3.05, 3.63) is 48.5 Å². The van der Waals surface area contributed by atoms with E-state index in [1.54, 1.807) is 12.1 Å². The fourth-order valence-electron chi connectivity index (χ4n) is 1.96. The molecule has 0 amide bonds. The van der Waals surface area contributed by atoms with Crippen LogP contribution in [0.5, 0.6) is 23.0 Å². The normalized spacial score (nSPS) is 11.8. The van der Waals surface area contributed by atoms with Crippen LogP contribution in [0.4, 0.5) is 0 Å². The first kappa shape index (κ1) is 18.0. The van der Waals surface area contributed by atoms with Gasteiger partial charge in [-0.25, -0.2) is 0 Å². The molecule has 0 spiro atoms. The highest BCUT2D eigenvalue weighted by atomic mass is 17.2. The van der Waals surface area contributed by atoms with Gasteiger partial charge in [0.2, 0.25) is 11.5 Å². The Morgan fingerprint density at radius 3 is 1.08 bits per heavy atom. The zero-order valence-corrected chi connectivity index (χ0v) is 15.3. The van der Waals surface area contributed by atoms with Gasteiger partial charge in [0, 0.05) is 0 Å². The minimum atomic E-state index is -0.327. The van der Waals surface area contributed by atoms with Gasteiger partial charge in [-0.2, -0.15) is 0 Å². The number of benzene rings is 2. The Balaban J connectivity index is 2.15. The summed E-state index contributed by atoms with van der Waals surface area (Å²) in [4.78, 5) is 11.0. The van der Waals surface area contributed by atoms with Gasteiger partial charge in [0.1, 0.15) is 11.2 Å².